The number of allylic oxidation sites excluding steroid dienone is 1. The summed E-state index contributed by atoms with van der Waals surface area (Å²) in [6.07, 6.45) is 3.39. The van der Waals surface area contributed by atoms with Crippen molar-refractivity contribution in [2.24, 2.45) is 5.73 Å². The van der Waals surface area contributed by atoms with Crippen molar-refractivity contribution in [3.8, 4) is 34.7 Å². The second kappa shape index (κ2) is 8.17. The van der Waals surface area contributed by atoms with E-state index in [1.165, 1.54) is 0 Å². The minimum absolute atomic E-state index is 0.0367. The first-order valence-electron chi connectivity index (χ1n) is 9.63. The van der Waals surface area contributed by atoms with Crippen LogP contribution in [0.15, 0.2) is 54.2 Å². The molecular weight excluding hydrogens is 382 g/mol. The Kier molecular flexibility index (Phi) is 5.26. The van der Waals surface area contributed by atoms with Gasteiger partial charge in [0, 0.05) is 18.0 Å². The molecule has 2 aromatic heterocycles. The van der Waals surface area contributed by atoms with Crippen molar-refractivity contribution in [1.29, 1.82) is 5.26 Å². The van der Waals surface area contributed by atoms with Crippen LogP contribution < -0.4 is 19.9 Å². The molecule has 0 fully saturated rings. The average molecular weight is 403 g/mol. The van der Waals surface area contributed by atoms with Crippen molar-refractivity contribution in [3.05, 3.63) is 65.3 Å². The molecule has 0 saturated heterocycles. The number of nitrogens with zero attached hydrogens (tertiary/aromatic N) is 3. The van der Waals surface area contributed by atoms with Gasteiger partial charge in [-0.15, -0.1) is 5.10 Å². The first-order valence-corrected chi connectivity index (χ1v) is 9.63. The van der Waals surface area contributed by atoms with Crippen LogP contribution in [0.25, 0.3) is 11.3 Å². The molecule has 0 saturated carbocycles. The van der Waals surface area contributed by atoms with E-state index in [2.05, 4.69) is 21.3 Å². The molecule has 152 valence electrons. The summed E-state index contributed by atoms with van der Waals surface area (Å²) in [6, 6.07) is 11.6. The highest BCUT2D eigenvalue weighted by molar-refractivity contribution is 5.70. The largest absolute Gasteiger partial charge is 0.490 e. The summed E-state index contributed by atoms with van der Waals surface area (Å²) in [5, 5.41) is 17.2. The van der Waals surface area contributed by atoms with Crippen LogP contribution >= 0.6 is 0 Å². The zero-order valence-corrected chi connectivity index (χ0v) is 16.7. The third-order valence-corrected chi connectivity index (χ3v) is 4.81. The van der Waals surface area contributed by atoms with Crippen LogP contribution in [-0.4, -0.2) is 28.4 Å². The molecular formula is C22H21N5O3. The Morgan fingerprint density at radius 1 is 1.13 bits per heavy atom. The van der Waals surface area contributed by atoms with Gasteiger partial charge >= 0.3 is 0 Å². The average Bonchev–Trinajstić information content (AvgIpc) is 3.18. The fourth-order valence-electron chi connectivity index (χ4n) is 3.56. The van der Waals surface area contributed by atoms with Crippen molar-refractivity contribution >= 4 is 0 Å². The molecule has 3 aromatic rings. The smallest absolute Gasteiger partial charge is 0.244 e. The van der Waals surface area contributed by atoms with Gasteiger partial charge in [0.1, 0.15) is 11.6 Å². The maximum atomic E-state index is 9.86. The SMILES string of the molecule is CCOc1ccc(C2C(C#N)=C(N)Oc3n[nH]c(-c4ccncc4)c32)cc1OCC. The third-order valence-electron chi connectivity index (χ3n) is 4.81. The summed E-state index contributed by atoms with van der Waals surface area (Å²) in [5.74, 6) is 1.16. The fraction of sp³-hybridized carbons (Fsp3) is 0.227. The van der Waals surface area contributed by atoms with Crippen LogP contribution in [0.3, 0.4) is 0 Å². The summed E-state index contributed by atoms with van der Waals surface area (Å²) in [4.78, 5) is 4.07. The van der Waals surface area contributed by atoms with E-state index in [1.54, 1.807) is 12.4 Å². The first kappa shape index (κ1) is 19.3. The quantitative estimate of drug-likeness (QED) is 0.646. The highest BCUT2D eigenvalue weighted by Gasteiger charge is 2.36. The molecule has 1 aliphatic rings. The second-order valence-corrected chi connectivity index (χ2v) is 6.55. The maximum Gasteiger partial charge on any atom is 0.244 e. The molecule has 3 heterocycles. The maximum absolute atomic E-state index is 9.86. The lowest BCUT2D eigenvalue weighted by molar-refractivity contribution is 0.287. The Balaban J connectivity index is 1.90. The molecule has 8 heteroatoms. The number of hydrogen-bond donors (Lipinski definition) is 2. The number of ether oxygens (including phenoxy) is 3. The van der Waals surface area contributed by atoms with Crippen molar-refractivity contribution in [2.45, 2.75) is 19.8 Å². The molecule has 0 amide bonds. The molecule has 1 atom stereocenters. The lowest BCUT2D eigenvalue weighted by Crippen LogP contribution is -2.21. The summed E-state index contributed by atoms with van der Waals surface area (Å²) in [7, 11) is 0. The topological polar surface area (TPSA) is 119 Å². The molecule has 1 unspecified atom stereocenters. The van der Waals surface area contributed by atoms with E-state index in [4.69, 9.17) is 19.9 Å². The Hall–Kier alpha value is -3.99. The minimum Gasteiger partial charge on any atom is -0.490 e. The number of H-pyrrole nitrogens is 1. The number of nitrogens with two attached hydrogens (primary N) is 1. The van der Waals surface area contributed by atoms with Gasteiger partial charge in [-0.2, -0.15) is 5.26 Å². The van der Waals surface area contributed by atoms with Gasteiger partial charge in [0.2, 0.25) is 11.8 Å². The highest BCUT2D eigenvalue weighted by Crippen LogP contribution is 2.46. The Morgan fingerprint density at radius 3 is 2.57 bits per heavy atom. The van der Waals surface area contributed by atoms with Crippen molar-refractivity contribution in [1.82, 2.24) is 15.2 Å². The molecule has 1 aromatic carbocycles. The van der Waals surface area contributed by atoms with E-state index < -0.39 is 5.92 Å². The second-order valence-electron chi connectivity index (χ2n) is 6.55. The summed E-state index contributed by atoms with van der Waals surface area (Å²) < 4.78 is 17.1. The molecule has 1 aliphatic heterocycles. The standard InChI is InChI=1S/C22H21N5O3/c1-3-28-16-6-5-14(11-17(16)29-4-2)18-15(12-23)21(24)30-22-19(18)20(26-27-22)13-7-9-25-10-8-13/h5-11,18H,3-4,24H2,1-2H3,(H,26,27). The van der Waals surface area contributed by atoms with E-state index in [1.807, 2.05) is 44.2 Å². The Bertz CT molecular complexity index is 1130. The molecule has 30 heavy (non-hydrogen) atoms. The van der Waals surface area contributed by atoms with Gasteiger partial charge in [-0.05, 0) is 43.7 Å². The molecule has 0 aliphatic carbocycles. The van der Waals surface area contributed by atoms with Gasteiger partial charge in [-0.3, -0.25) is 10.1 Å². The van der Waals surface area contributed by atoms with E-state index in [9.17, 15) is 5.26 Å². The zero-order chi connectivity index (χ0) is 21.1. The predicted molar refractivity (Wildman–Crippen MR) is 110 cm³/mol. The number of nitriles is 1. The summed E-state index contributed by atoms with van der Waals surface area (Å²) in [6.45, 7) is 4.83. The summed E-state index contributed by atoms with van der Waals surface area (Å²) in [5.41, 5.74) is 9.55. The minimum atomic E-state index is -0.476. The van der Waals surface area contributed by atoms with Crippen molar-refractivity contribution in [3.63, 3.8) is 0 Å². The normalized spacial score (nSPS) is 15.2. The lowest BCUT2D eigenvalue weighted by Gasteiger charge is -2.25. The Labute approximate surface area is 173 Å². The van der Waals surface area contributed by atoms with Crippen molar-refractivity contribution in [2.75, 3.05) is 13.2 Å². The van der Waals surface area contributed by atoms with Gasteiger partial charge in [0.05, 0.1) is 30.4 Å². The van der Waals surface area contributed by atoms with Crippen LogP contribution in [0.5, 0.6) is 17.4 Å². The van der Waals surface area contributed by atoms with Crippen LogP contribution in [-0.2, 0) is 0 Å². The Morgan fingerprint density at radius 2 is 1.87 bits per heavy atom. The number of hydrogen-bond acceptors (Lipinski definition) is 7. The predicted octanol–water partition coefficient (Wildman–Crippen LogP) is 3.49. The highest BCUT2D eigenvalue weighted by atomic mass is 16.5. The van der Waals surface area contributed by atoms with E-state index in [-0.39, 0.29) is 5.88 Å². The molecule has 8 nitrogen and oxygen atoms in total. The van der Waals surface area contributed by atoms with Crippen LogP contribution in [0.4, 0.5) is 0 Å². The van der Waals surface area contributed by atoms with Crippen molar-refractivity contribution < 1.29 is 14.2 Å². The van der Waals surface area contributed by atoms with Crippen LogP contribution in [0.1, 0.15) is 30.9 Å². The molecule has 0 spiro atoms. The number of fused-ring (bicyclic) bond motifs is 1. The molecule has 4 rings (SSSR count). The monoisotopic (exact) mass is 403 g/mol. The van der Waals surface area contributed by atoms with Gasteiger partial charge in [-0.1, -0.05) is 6.07 Å². The number of nitrogens with one attached hydrogen (secondary N) is 1. The van der Waals surface area contributed by atoms with Gasteiger partial charge in [-0.25, -0.2) is 0 Å². The van der Waals surface area contributed by atoms with E-state index >= 15 is 0 Å². The van der Waals surface area contributed by atoms with Crippen LogP contribution in [0, 0.1) is 11.3 Å². The number of pyridine rings is 1. The fourth-order valence-corrected chi connectivity index (χ4v) is 3.56. The number of aromatic amines is 1. The van der Waals surface area contributed by atoms with E-state index in [0.717, 1.165) is 22.4 Å². The first-order chi connectivity index (χ1) is 14.7. The van der Waals surface area contributed by atoms with Gasteiger partial charge < -0.3 is 19.9 Å². The number of benzene rings is 1. The summed E-state index contributed by atoms with van der Waals surface area (Å²) >= 11 is 0. The molecule has 3 N–H and O–H groups in total. The number of rotatable bonds is 6. The molecule has 0 radical (unpaired) electrons. The third kappa shape index (κ3) is 3.31. The van der Waals surface area contributed by atoms with E-state index in [0.29, 0.717) is 36.2 Å². The molecule has 0 bridgehead atoms. The zero-order valence-electron chi connectivity index (χ0n) is 16.7. The van der Waals surface area contributed by atoms with Crippen LogP contribution in [0.2, 0.25) is 0 Å². The van der Waals surface area contributed by atoms with Gasteiger partial charge in [0.15, 0.2) is 11.5 Å². The van der Waals surface area contributed by atoms with Gasteiger partial charge in [0.25, 0.3) is 0 Å². The number of aromatic nitrogens is 3. The lowest BCUT2D eigenvalue weighted by atomic mass is 9.83.